The lowest BCUT2D eigenvalue weighted by Crippen LogP contribution is -2.54. The first-order chi connectivity index (χ1) is 47.6. The van der Waals surface area contributed by atoms with Crippen LogP contribution in [0, 0.1) is 23.2 Å². The van der Waals surface area contributed by atoms with Gasteiger partial charge < -0.3 is 85.3 Å². The number of carbonyl (C=O) groups excluding carboxylic acids is 9. The highest BCUT2D eigenvalue weighted by Crippen LogP contribution is 2.31. The van der Waals surface area contributed by atoms with Crippen LogP contribution >= 0.6 is 11.6 Å². The van der Waals surface area contributed by atoms with Crippen LogP contribution in [0.5, 0.6) is 5.75 Å². The van der Waals surface area contributed by atoms with Crippen LogP contribution in [-0.2, 0) is 95.9 Å². The van der Waals surface area contributed by atoms with Gasteiger partial charge in [-0.2, -0.15) is 0 Å². The largest absolute Gasteiger partial charge is 0.495 e. The van der Waals surface area contributed by atoms with Crippen LogP contribution < -0.4 is 42.0 Å². The number of nitrogens with one attached hydrogen (secondary N) is 7. The quantitative estimate of drug-likeness (QED) is 0.0161. The number of halogens is 1. The lowest BCUT2D eigenvalue weighted by atomic mass is 9.84. The molecule has 1 aliphatic heterocycles. The van der Waals surface area contributed by atoms with Crippen LogP contribution in [0.3, 0.4) is 0 Å². The van der Waals surface area contributed by atoms with Crippen molar-refractivity contribution in [2.45, 2.75) is 175 Å². The lowest BCUT2D eigenvalue weighted by Gasteiger charge is -2.33. The van der Waals surface area contributed by atoms with Gasteiger partial charge in [-0.3, -0.25) is 38.4 Å². The molecule has 27 nitrogen and oxygen atoms in total. The van der Waals surface area contributed by atoms with Crippen LogP contribution in [0.4, 0.5) is 10.5 Å². The lowest BCUT2D eigenvalue weighted by molar-refractivity contribution is -0.180. The summed E-state index contributed by atoms with van der Waals surface area (Å²) in [7, 11) is 3.07. The summed E-state index contributed by atoms with van der Waals surface area (Å²) >= 11 is 6.39. The number of ether oxygens (including phenoxy) is 8. The molecule has 554 valence electrons. The molecule has 0 unspecified atom stereocenters. The van der Waals surface area contributed by atoms with Crippen LogP contribution in [0.15, 0.2) is 78.9 Å². The van der Waals surface area contributed by atoms with Gasteiger partial charge in [-0.05, 0) is 110 Å². The fourth-order valence-electron chi connectivity index (χ4n) is 10.3. The molecule has 9 N–H and O–H groups in total. The molecule has 1 heterocycles. The zero-order valence-corrected chi connectivity index (χ0v) is 60.0. The average Bonchev–Trinajstić information content (AvgIpc) is 0.846. The van der Waals surface area contributed by atoms with Gasteiger partial charge in [0.05, 0.1) is 69.9 Å². The number of cyclic esters (lactones) is 2. The van der Waals surface area contributed by atoms with Gasteiger partial charge in [0.15, 0.2) is 6.10 Å². The molecular formula is C72H104ClN7O20. The highest BCUT2D eigenvalue weighted by atomic mass is 35.5. The van der Waals surface area contributed by atoms with Gasteiger partial charge in [0.1, 0.15) is 36.6 Å². The van der Waals surface area contributed by atoms with Crippen molar-refractivity contribution < 1.29 is 96.1 Å². The summed E-state index contributed by atoms with van der Waals surface area (Å²) in [6.07, 6.45) is -0.422. The maximum absolute atomic E-state index is 14.0. The standard InChI is InChI=1S/C72H104ClN7O20/c1-45(2)39-59-69(90)99-57(16-13-17-61(82)78-56(41-51-24-29-58(94-10)54(73)40-51)66(87)76-44-72(7,8)70(91)100-59)48(6)65(86)47(5)52-25-20-49(21-26-52)42-75-71(92)98-43-50-22-27-53(28-23-50)77-67(88)55(79-68(89)64(46(3)4)80-62(83)18-14-19-63(84)85)15-11-12-31-74-60(81)30-32-95-35-36-97-38-37-96-34-33-93-9/h13,17,20-29,40,45-48,55-57,59,64-65,86H,11-12,14-16,18-19,30-39,41-44H2,1-10H3,(H,74,81)(H,75,92)(H,76,87)(H,77,88)(H,78,82)(H,79,89)(H,80,83)(H,84,85)/b17-13+/t47-,48+,55+,56-,57+,59+,64+,65+/m1/s1. The molecule has 0 fully saturated rings. The molecule has 0 bridgehead atoms. The van der Waals surface area contributed by atoms with Crippen molar-refractivity contribution in [2.75, 3.05) is 78.9 Å². The fraction of sp³-hybridized carbons (Fsp3) is 0.583. The Morgan fingerprint density at radius 1 is 0.730 bits per heavy atom. The Morgan fingerprint density at radius 2 is 1.38 bits per heavy atom. The van der Waals surface area contributed by atoms with E-state index in [0.717, 1.165) is 5.56 Å². The summed E-state index contributed by atoms with van der Waals surface area (Å²) < 4.78 is 43.9. The van der Waals surface area contributed by atoms with Gasteiger partial charge in [-0.15, -0.1) is 0 Å². The molecule has 0 aliphatic carbocycles. The minimum atomic E-state index is -1.33. The van der Waals surface area contributed by atoms with E-state index in [2.05, 4.69) is 37.2 Å². The number of carboxylic acid groups (broad SMARTS) is 1. The third-order valence-electron chi connectivity index (χ3n) is 16.4. The van der Waals surface area contributed by atoms with Crippen molar-refractivity contribution in [1.82, 2.24) is 31.9 Å². The number of aliphatic hydroxyl groups is 1. The fourth-order valence-corrected chi connectivity index (χ4v) is 10.5. The van der Waals surface area contributed by atoms with Gasteiger partial charge >= 0.3 is 24.0 Å². The summed E-state index contributed by atoms with van der Waals surface area (Å²) in [5, 5.41) is 40.6. The summed E-state index contributed by atoms with van der Waals surface area (Å²) in [6.45, 7) is 16.5. The highest BCUT2D eigenvalue weighted by molar-refractivity contribution is 6.32. The van der Waals surface area contributed by atoms with E-state index < -0.39 is 113 Å². The van der Waals surface area contributed by atoms with E-state index in [9.17, 15) is 53.1 Å². The number of hydrogen-bond acceptors (Lipinski definition) is 19. The normalized spacial score (nSPS) is 17.8. The Labute approximate surface area is 591 Å². The number of benzene rings is 3. The number of carbonyl (C=O) groups is 10. The predicted octanol–water partition coefficient (Wildman–Crippen LogP) is 6.77. The van der Waals surface area contributed by atoms with Crippen molar-refractivity contribution in [3.63, 3.8) is 0 Å². The summed E-state index contributed by atoms with van der Waals surface area (Å²) in [5.41, 5.74) is 1.69. The first-order valence-corrected chi connectivity index (χ1v) is 34.3. The number of amides is 7. The third kappa shape index (κ3) is 31.5. The molecule has 0 spiro atoms. The van der Waals surface area contributed by atoms with Crippen LogP contribution in [0.1, 0.15) is 141 Å². The second-order valence-electron chi connectivity index (χ2n) is 26.0. The van der Waals surface area contributed by atoms with Crippen LogP contribution in [0.25, 0.3) is 0 Å². The first kappa shape index (κ1) is 84.2. The van der Waals surface area contributed by atoms with E-state index in [4.69, 9.17) is 54.6 Å². The number of hydrogen-bond donors (Lipinski definition) is 9. The number of unbranched alkanes of at least 4 members (excludes halogenated alkanes) is 1. The van der Waals surface area contributed by atoms with E-state index in [1.165, 1.54) is 19.3 Å². The third-order valence-corrected chi connectivity index (χ3v) is 16.7. The van der Waals surface area contributed by atoms with Crippen molar-refractivity contribution >= 4 is 76.7 Å². The van der Waals surface area contributed by atoms with Gasteiger partial charge in [0.2, 0.25) is 35.4 Å². The molecule has 7 amide bonds. The molecule has 4 rings (SSSR count). The summed E-state index contributed by atoms with van der Waals surface area (Å²) in [5.74, 6) is -7.09. The molecule has 3 aromatic rings. The highest BCUT2D eigenvalue weighted by Gasteiger charge is 2.39. The zero-order chi connectivity index (χ0) is 73.7. The molecular weight excluding hydrogens is 1320 g/mol. The second kappa shape index (κ2) is 44.8. The molecule has 0 saturated carbocycles. The molecule has 0 radical (unpaired) electrons. The Balaban J connectivity index is 1.35. The van der Waals surface area contributed by atoms with Crippen LogP contribution in [0.2, 0.25) is 5.02 Å². The summed E-state index contributed by atoms with van der Waals surface area (Å²) in [6, 6.07) is 15.4. The van der Waals surface area contributed by atoms with Crippen LogP contribution in [-0.4, -0.2) is 180 Å². The van der Waals surface area contributed by atoms with Gasteiger partial charge in [0.25, 0.3) is 0 Å². The molecule has 28 heteroatoms. The monoisotopic (exact) mass is 1420 g/mol. The maximum atomic E-state index is 14.0. The molecule has 100 heavy (non-hydrogen) atoms. The smallest absolute Gasteiger partial charge is 0.407 e. The number of aliphatic carboxylic acids is 1. The maximum Gasteiger partial charge on any atom is 0.407 e. The van der Waals surface area contributed by atoms with Crippen molar-refractivity contribution in [2.24, 2.45) is 23.2 Å². The molecule has 0 saturated heterocycles. The van der Waals surface area contributed by atoms with Gasteiger partial charge in [-0.1, -0.05) is 102 Å². The minimum Gasteiger partial charge on any atom is -0.495 e. The van der Waals surface area contributed by atoms with Gasteiger partial charge in [-0.25, -0.2) is 9.59 Å². The number of rotatable bonds is 40. The van der Waals surface area contributed by atoms with Gasteiger partial charge in [0, 0.05) is 76.4 Å². The summed E-state index contributed by atoms with van der Waals surface area (Å²) in [4.78, 5) is 132. The number of anilines is 1. The number of carboxylic acids is 1. The van der Waals surface area contributed by atoms with Crippen molar-refractivity contribution in [3.05, 3.63) is 106 Å². The number of aliphatic hydroxyl groups excluding tert-OH is 1. The zero-order valence-electron chi connectivity index (χ0n) is 59.2. The van der Waals surface area contributed by atoms with E-state index in [0.29, 0.717) is 92.2 Å². The number of esters is 2. The average molecular weight is 1420 g/mol. The molecule has 8 atom stereocenters. The van der Waals surface area contributed by atoms with E-state index in [1.807, 2.05) is 13.8 Å². The van der Waals surface area contributed by atoms with Crippen molar-refractivity contribution in [1.29, 1.82) is 0 Å². The Morgan fingerprint density at radius 3 is 2.01 bits per heavy atom. The van der Waals surface area contributed by atoms with E-state index in [1.54, 1.807) is 115 Å². The molecule has 3 aromatic carbocycles. The SMILES string of the molecule is COCCOCCOCCOCCC(=O)NCCCC[C@H](NC(=O)[C@@H](NC(=O)CCCC(=O)O)C(C)C)C(=O)Nc1ccc(COC(=O)NCc2ccc([C@@H](C)[C@H](O)[C@@H](C)[C@@H]3C/C=C/C(=O)N[C@H](Cc4ccc(OC)c(Cl)c4)C(=O)NCC(C)(C)C(=O)O[C@@H](CC(C)C)C(=O)O3)cc2)cc1. The Hall–Kier alpha value is -8.21. The van der Waals surface area contributed by atoms with Crippen molar-refractivity contribution in [3.8, 4) is 5.75 Å². The first-order valence-electron chi connectivity index (χ1n) is 34.0. The second-order valence-corrected chi connectivity index (χ2v) is 26.4. The minimum absolute atomic E-state index is 0.0384. The number of alkyl carbamates (subject to hydrolysis) is 1. The van der Waals surface area contributed by atoms with E-state index >= 15 is 0 Å². The molecule has 0 aromatic heterocycles. The Kier molecular flexibility index (Phi) is 37.7. The molecule has 1 aliphatic rings. The predicted molar refractivity (Wildman–Crippen MR) is 372 cm³/mol. The topological polar surface area (TPSA) is 369 Å². The van der Waals surface area contributed by atoms with E-state index in [-0.39, 0.29) is 89.5 Å². The number of methoxy groups -OCH3 is 2. The Bertz CT molecular complexity index is 3130.